The number of rotatable bonds is 8. The largest absolute Gasteiger partial charge is 0.462 e. The zero-order chi connectivity index (χ0) is 17.4. The molecule has 0 N–H and O–H groups in total. The molecule has 0 saturated carbocycles. The van der Waals surface area contributed by atoms with Crippen LogP contribution in [0.25, 0.3) is 5.57 Å². The molecule has 1 aliphatic rings. The molecule has 5 nitrogen and oxygen atoms in total. The summed E-state index contributed by atoms with van der Waals surface area (Å²) < 4.78 is 15.7. The number of hydrogen-bond acceptors (Lipinski definition) is 5. The van der Waals surface area contributed by atoms with E-state index in [1.807, 2.05) is 18.2 Å². The lowest BCUT2D eigenvalue weighted by molar-refractivity contribution is -0.152. The summed E-state index contributed by atoms with van der Waals surface area (Å²) in [6.45, 7) is 4.10. The van der Waals surface area contributed by atoms with E-state index in [1.54, 1.807) is 25.1 Å². The molecule has 0 aliphatic carbocycles. The summed E-state index contributed by atoms with van der Waals surface area (Å²) in [6, 6.07) is 9.11. The molecular weight excluding hydrogens is 308 g/mol. The van der Waals surface area contributed by atoms with E-state index in [4.69, 9.17) is 14.2 Å². The van der Waals surface area contributed by atoms with Gasteiger partial charge in [0.05, 0.1) is 6.61 Å². The van der Waals surface area contributed by atoms with Crippen molar-refractivity contribution in [2.24, 2.45) is 0 Å². The molecule has 1 atom stereocenters. The Morgan fingerprint density at radius 1 is 1.25 bits per heavy atom. The molecule has 0 radical (unpaired) electrons. The van der Waals surface area contributed by atoms with Gasteiger partial charge in [0, 0.05) is 11.6 Å². The Labute approximate surface area is 141 Å². The normalized spacial score (nSPS) is 17.2. The van der Waals surface area contributed by atoms with Crippen molar-refractivity contribution in [3.05, 3.63) is 53.8 Å². The topological polar surface area (TPSA) is 61.8 Å². The highest BCUT2D eigenvalue weighted by molar-refractivity contribution is 6.16. The summed E-state index contributed by atoms with van der Waals surface area (Å²) in [4.78, 5) is 23.7. The molecule has 1 aromatic rings. The van der Waals surface area contributed by atoms with Crippen molar-refractivity contribution in [2.45, 2.75) is 39.4 Å². The van der Waals surface area contributed by atoms with Gasteiger partial charge in [0.25, 0.3) is 6.29 Å². The fourth-order valence-corrected chi connectivity index (χ4v) is 2.15. The molecule has 0 amide bonds. The zero-order valence-electron chi connectivity index (χ0n) is 14.0. The molecule has 1 unspecified atom stereocenters. The average Bonchev–Trinajstić information content (AvgIpc) is 2.91. The third kappa shape index (κ3) is 4.98. The lowest BCUT2D eigenvalue weighted by Crippen LogP contribution is -2.12. The van der Waals surface area contributed by atoms with E-state index in [0.29, 0.717) is 23.3 Å². The molecule has 5 heteroatoms. The first-order chi connectivity index (χ1) is 11.6. The van der Waals surface area contributed by atoms with E-state index in [9.17, 15) is 9.59 Å². The van der Waals surface area contributed by atoms with Crippen molar-refractivity contribution in [1.82, 2.24) is 0 Å². The fraction of sp³-hybridized carbons (Fsp3) is 0.368. The maximum absolute atomic E-state index is 12.3. The predicted molar refractivity (Wildman–Crippen MR) is 89.6 cm³/mol. The minimum absolute atomic E-state index is 0.293. The first kappa shape index (κ1) is 17.8. The number of carbonyl (C=O) groups is 2. The van der Waals surface area contributed by atoms with Gasteiger partial charge in [0.15, 0.2) is 0 Å². The van der Waals surface area contributed by atoms with Crippen LogP contribution in [0.1, 0.15) is 38.7 Å². The van der Waals surface area contributed by atoms with Gasteiger partial charge in [-0.3, -0.25) is 0 Å². The van der Waals surface area contributed by atoms with Gasteiger partial charge < -0.3 is 14.2 Å². The summed E-state index contributed by atoms with van der Waals surface area (Å²) in [6.07, 6.45) is 4.94. The molecule has 1 heterocycles. The Bertz CT molecular complexity index is 630. The SMILES string of the molecule is CCCCCOC(=O)/C(=C/OC1C=C(C)C(=O)O1)c1ccccc1. The Morgan fingerprint density at radius 3 is 2.62 bits per heavy atom. The van der Waals surface area contributed by atoms with Crippen molar-refractivity contribution in [1.29, 1.82) is 0 Å². The van der Waals surface area contributed by atoms with Gasteiger partial charge in [-0.25, -0.2) is 9.59 Å². The van der Waals surface area contributed by atoms with Gasteiger partial charge >= 0.3 is 11.9 Å². The number of hydrogen-bond donors (Lipinski definition) is 0. The number of unbranched alkanes of at least 4 members (excludes halogenated alkanes) is 2. The van der Waals surface area contributed by atoms with Crippen LogP contribution in [0.15, 0.2) is 48.2 Å². The summed E-state index contributed by atoms with van der Waals surface area (Å²) >= 11 is 0. The van der Waals surface area contributed by atoms with Gasteiger partial charge in [-0.15, -0.1) is 0 Å². The Hall–Kier alpha value is -2.56. The van der Waals surface area contributed by atoms with Crippen LogP contribution in [0.3, 0.4) is 0 Å². The number of esters is 2. The number of carbonyl (C=O) groups excluding carboxylic acids is 2. The summed E-state index contributed by atoms with van der Waals surface area (Å²) in [7, 11) is 0. The average molecular weight is 330 g/mol. The first-order valence-corrected chi connectivity index (χ1v) is 8.09. The van der Waals surface area contributed by atoms with E-state index in [0.717, 1.165) is 19.3 Å². The van der Waals surface area contributed by atoms with Crippen LogP contribution < -0.4 is 0 Å². The summed E-state index contributed by atoms with van der Waals surface area (Å²) in [5.74, 6) is -0.876. The van der Waals surface area contributed by atoms with Crippen molar-refractivity contribution >= 4 is 17.5 Å². The fourth-order valence-electron chi connectivity index (χ4n) is 2.15. The second-order valence-corrected chi connectivity index (χ2v) is 5.50. The quantitative estimate of drug-likeness (QED) is 0.315. The molecule has 1 aliphatic heterocycles. The predicted octanol–water partition coefficient (Wildman–Crippen LogP) is 3.61. The standard InChI is InChI=1S/C19H22O5/c1-3-4-8-11-22-19(21)16(15-9-6-5-7-10-15)13-23-17-12-14(2)18(20)24-17/h5-7,9-10,12-13,17H,3-4,8,11H2,1-2H3/b16-13+. The molecule has 1 aromatic carbocycles. The smallest absolute Gasteiger partial charge is 0.341 e. The molecule has 0 saturated heterocycles. The van der Waals surface area contributed by atoms with Gasteiger partial charge in [-0.2, -0.15) is 0 Å². The maximum atomic E-state index is 12.3. The van der Waals surface area contributed by atoms with E-state index in [1.165, 1.54) is 6.26 Å². The molecule has 0 fully saturated rings. The van der Waals surface area contributed by atoms with E-state index in [-0.39, 0.29) is 0 Å². The first-order valence-electron chi connectivity index (χ1n) is 8.09. The number of benzene rings is 1. The van der Waals surface area contributed by atoms with Crippen LogP contribution in [0.2, 0.25) is 0 Å². The van der Waals surface area contributed by atoms with E-state index in [2.05, 4.69) is 6.92 Å². The molecule has 0 aromatic heterocycles. The molecule has 0 spiro atoms. The van der Waals surface area contributed by atoms with Crippen molar-refractivity contribution < 1.29 is 23.8 Å². The lowest BCUT2D eigenvalue weighted by Gasteiger charge is -2.11. The maximum Gasteiger partial charge on any atom is 0.341 e. The highest BCUT2D eigenvalue weighted by Crippen LogP contribution is 2.20. The highest BCUT2D eigenvalue weighted by atomic mass is 16.7. The van der Waals surface area contributed by atoms with Gasteiger partial charge in [-0.1, -0.05) is 50.1 Å². The van der Waals surface area contributed by atoms with Crippen LogP contribution in [0, 0.1) is 0 Å². The van der Waals surface area contributed by atoms with Crippen molar-refractivity contribution in [3.8, 4) is 0 Å². The third-order valence-electron chi connectivity index (χ3n) is 3.54. The van der Waals surface area contributed by atoms with E-state index < -0.39 is 18.2 Å². The van der Waals surface area contributed by atoms with Crippen LogP contribution in [0.4, 0.5) is 0 Å². The minimum atomic E-state index is -0.816. The third-order valence-corrected chi connectivity index (χ3v) is 3.54. The van der Waals surface area contributed by atoms with Gasteiger partial charge in [0.2, 0.25) is 0 Å². The monoisotopic (exact) mass is 330 g/mol. The summed E-state index contributed by atoms with van der Waals surface area (Å²) in [5.41, 5.74) is 1.46. The molecule has 2 rings (SSSR count). The van der Waals surface area contributed by atoms with Crippen LogP contribution in [0.5, 0.6) is 0 Å². The van der Waals surface area contributed by atoms with Crippen molar-refractivity contribution in [2.75, 3.05) is 6.61 Å². The second kappa shape index (κ2) is 8.91. The Morgan fingerprint density at radius 2 is 2.00 bits per heavy atom. The molecular formula is C19H22O5. The highest BCUT2D eigenvalue weighted by Gasteiger charge is 2.23. The Kier molecular flexibility index (Phi) is 6.61. The van der Waals surface area contributed by atoms with Gasteiger partial charge in [0.1, 0.15) is 11.8 Å². The summed E-state index contributed by atoms with van der Waals surface area (Å²) in [5, 5.41) is 0. The number of cyclic esters (lactones) is 1. The minimum Gasteiger partial charge on any atom is -0.462 e. The van der Waals surface area contributed by atoms with Crippen LogP contribution >= 0.6 is 0 Å². The zero-order valence-corrected chi connectivity index (χ0v) is 14.0. The van der Waals surface area contributed by atoms with Crippen LogP contribution in [-0.4, -0.2) is 24.8 Å². The second-order valence-electron chi connectivity index (χ2n) is 5.50. The lowest BCUT2D eigenvalue weighted by atomic mass is 10.1. The van der Waals surface area contributed by atoms with Gasteiger partial charge in [-0.05, 0) is 18.9 Å². The van der Waals surface area contributed by atoms with Crippen LogP contribution in [-0.2, 0) is 23.8 Å². The van der Waals surface area contributed by atoms with Crippen molar-refractivity contribution in [3.63, 3.8) is 0 Å². The molecule has 0 bridgehead atoms. The molecule has 24 heavy (non-hydrogen) atoms. The van der Waals surface area contributed by atoms with E-state index >= 15 is 0 Å². The molecule has 128 valence electrons. The number of ether oxygens (including phenoxy) is 3. The Balaban J connectivity index is 2.07.